The molecule has 4 rings (SSSR count). The molecule has 4 unspecified atom stereocenters. The summed E-state index contributed by atoms with van der Waals surface area (Å²) in [6.45, 7) is 3.60. The molecule has 0 aromatic carbocycles. The van der Waals surface area contributed by atoms with Gasteiger partial charge in [0.2, 0.25) is 5.91 Å². The first kappa shape index (κ1) is 16.5. The topological polar surface area (TPSA) is 53.6 Å². The minimum absolute atomic E-state index is 0. The maximum Gasteiger partial charge on any atom is 0.224 e. The molecule has 1 amide bonds. The third-order valence-electron chi connectivity index (χ3n) is 5.63. The number of ether oxygens (including phenoxy) is 1. The van der Waals surface area contributed by atoms with Crippen LogP contribution in [0.5, 0.6) is 0 Å². The summed E-state index contributed by atoms with van der Waals surface area (Å²) in [7, 11) is 0. The molecule has 6 heteroatoms. The number of likely N-dealkylation sites (tertiary alicyclic amines) is 1. The van der Waals surface area contributed by atoms with E-state index in [1.54, 1.807) is 0 Å². The Hall–Kier alpha value is -0.360. The van der Waals surface area contributed by atoms with Gasteiger partial charge in [0.25, 0.3) is 0 Å². The van der Waals surface area contributed by atoms with Crippen LogP contribution in [-0.2, 0) is 9.53 Å². The Bertz CT molecular complexity index is 399. The van der Waals surface area contributed by atoms with Crippen molar-refractivity contribution in [2.24, 2.45) is 5.92 Å². The average molecular weight is 330 g/mol. The monoisotopic (exact) mass is 329 g/mol. The Labute approximate surface area is 138 Å². The largest absolute Gasteiger partial charge is 0.379 e. The molecule has 0 bridgehead atoms. The van der Waals surface area contributed by atoms with E-state index in [0.717, 1.165) is 26.3 Å². The predicted octanol–water partition coefficient (Wildman–Crippen LogP) is 0.918. The fourth-order valence-corrected chi connectivity index (χ4v) is 4.42. The van der Waals surface area contributed by atoms with Gasteiger partial charge >= 0.3 is 0 Å². The van der Waals surface area contributed by atoms with Crippen molar-refractivity contribution in [2.45, 2.75) is 62.7 Å². The first-order valence-corrected chi connectivity index (χ1v) is 8.68. The summed E-state index contributed by atoms with van der Waals surface area (Å²) in [6, 6.07) is 1.99. The van der Waals surface area contributed by atoms with Gasteiger partial charge < -0.3 is 20.3 Å². The fraction of sp³-hybridized carbons (Fsp3) is 0.938. The lowest BCUT2D eigenvalue weighted by Crippen LogP contribution is -2.52. The van der Waals surface area contributed by atoms with Crippen LogP contribution in [0.15, 0.2) is 0 Å². The fourth-order valence-electron chi connectivity index (χ4n) is 4.42. The number of rotatable bonds is 4. The van der Waals surface area contributed by atoms with Crippen LogP contribution < -0.4 is 10.6 Å². The van der Waals surface area contributed by atoms with E-state index in [1.807, 2.05) is 0 Å². The summed E-state index contributed by atoms with van der Waals surface area (Å²) in [5, 5.41) is 7.43. The number of carbonyl (C=O) groups excluding carboxylic acids is 1. The molecule has 2 saturated carbocycles. The third kappa shape index (κ3) is 3.42. The van der Waals surface area contributed by atoms with Gasteiger partial charge in [-0.25, -0.2) is 0 Å². The van der Waals surface area contributed by atoms with Gasteiger partial charge in [-0.1, -0.05) is 6.42 Å². The molecular weight excluding hydrogens is 302 g/mol. The van der Waals surface area contributed by atoms with E-state index in [1.165, 1.54) is 32.1 Å². The van der Waals surface area contributed by atoms with Crippen molar-refractivity contribution in [1.82, 2.24) is 15.5 Å². The molecule has 0 aromatic heterocycles. The first-order chi connectivity index (χ1) is 10.3. The summed E-state index contributed by atoms with van der Waals surface area (Å²) in [5.41, 5.74) is 0. The van der Waals surface area contributed by atoms with E-state index in [-0.39, 0.29) is 12.4 Å². The highest BCUT2D eigenvalue weighted by Crippen LogP contribution is 2.33. The minimum atomic E-state index is 0. The Morgan fingerprint density at radius 2 is 2.09 bits per heavy atom. The minimum Gasteiger partial charge on any atom is -0.379 e. The molecule has 2 saturated heterocycles. The number of amides is 1. The van der Waals surface area contributed by atoms with Gasteiger partial charge in [0.1, 0.15) is 0 Å². The number of halogens is 1. The van der Waals surface area contributed by atoms with Crippen LogP contribution in [0.4, 0.5) is 0 Å². The summed E-state index contributed by atoms with van der Waals surface area (Å²) in [5.74, 6) is 1.03. The van der Waals surface area contributed by atoms with Crippen LogP contribution in [0.1, 0.15) is 38.5 Å². The van der Waals surface area contributed by atoms with Gasteiger partial charge in [-0.3, -0.25) is 4.79 Å². The molecule has 2 heterocycles. The van der Waals surface area contributed by atoms with Crippen LogP contribution in [0, 0.1) is 5.92 Å². The van der Waals surface area contributed by atoms with Crippen LogP contribution in [-0.4, -0.2) is 61.3 Å². The van der Waals surface area contributed by atoms with Crippen molar-refractivity contribution in [3.05, 3.63) is 0 Å². The van der Waals surface area contributed by atoms with Gasteiger partial charge in [0, 0.05) is 43.7 Å². The lowest BCUT2D eigenvalue weighted by molar-refractivity contribution is -0.128. The van der Waals surface area contributed by atoms with Gasteiger partial charge in [-0.15, -0.1) is 12.4 Å². The molecule has 4 aliphatic rings. The Kier molecular flexibility index (Phi) is 5.28. The van der Waals surface area contributed by atoms with Crippen LogP contribution >= 0.6 is 12.4 Å². The van der Waals surface area contributed by atoms with Crippen molar-refractivity contribution in [1.29, 1.82) is 0 Å². The first-order valence-electron chi connectivity index (χ1n) is 8.68. The molecular formula is C16H28ClN3O2. The number of nitrogens with one attached hydrogen (secondary N) is 2. The van der Waals surface area contributed by atoms with Crippen LogP contribution in [0.3, 0.4) is 0 Å². The second kappa shape index (κ2) is 7.04. The number of hydrogen-bond acceptors (Lipinski definition) is 4. The van der Waals surface area contributed by atoms with E-state index >= 15 is 0 Å². The van der Waals surface area contributed by atoms with E-state index in [4.69, 9.17) is 4.74 Å². The molecule has 0 aromatic rings. The summed E-state index contributed by atoms with van der Waals surface area (Å²) < 4.78 is 5.63. The lowest BCUT2D eigenvalue weighted by atomic mass is 9.93. The second-order valence-corrected chi connectivity index (χ2v) is 7.18. The van der Waals surface area contributed by atoms with Crippen LogP contribution in [0.2, 0.25) is 0 Å². The molecule has 4 atom stereocenters. The lowest BCUT2D eigenvalue weighted by Gasteiger charge is -2.34. The van der Waals surface area contributed by atoms with E-state index in [2.05, 4.69) is 15.5 Å². The quantitative estimate of drug-likeness (QED) is 0.805. The summed E-state index contributed by atoms with van der Waals surface area (Å²) in [4.78, 5) is 14.2. The SMILES string of the molecule is Cl.O=C1CC(NC2CCCC2C2COCCN2)CN1C1CC1. The molecule has 2 aliphatic carbocycles. The van der Waals surface area contributed by atoms with Crippen LogP contribution in [0.25, 0.3) is 0 Å². The third-order valence-corrected chi connectivity index (χ3v) is 5.63. The Morgan fingerprint density at radius 3 is 2.82 bits per heavy atom. The van der Waals surface area contributed by atoms with E-state index < -0.39 is 0 Å². The molecule has 4 fully saturated rings. The van der Waals surface area contributed by atoms with Gasteiger partial charge in [-0.05, 0) is 31.6 Å². The summed E-state index contributed by atoms with van der Waals surface area (Å²) >= 11 is 0. The maximum atomic E-state index is 12.1. The van der Waals surface area contributed by atoms with E-state index in [0.29, 0.717) is 42.4 Å². The molecule has 22 heavy (non-hydrogen) atoms. The molecule has 126 valence electrons. The Balaban J connectivity index is 0.00000144. The molecule has 2 aliphatic heterocycles. The van der Waals surface area contributed by atoms with Crippen molar-refractivity contribution >= 4 is 18.3 Å². The van der Waals surface area contributed by atoms with Crippen molar-refractivity contribution in [3.8, 4) is 0 Å². The highest BCUT2D eigenvalue weighted by Gasteiger charge is 2.42. The molecule has 0 spiro atoms. The van der Waals surface area contributed by atoms with Gasteiger partial charge in [-0.2, -0.15) is 0 Å². The van der Waals surface area contributed by atoms with Gasteiger partial charge in [0.05, 0.1) is 13.2 Å². The number of hydrogen-bond donors (Lipinski definition) is 2. The van der Waals surface area contributed by atoms with Crippen molar-refractivity contribution in [3.63, 3.8) is 0 Å². The number of nitrogens with zero attached hydrogens (tertiary/aromatic N) is 1. The van der Waals surface area contributed by atoms with Crippen molar-refractivity contribution in [2.75, 3.05) is 26.3 Å². The second-order valence-electron chi connectivity index (χ2n) is 7.18. The zero-order chi connectivity index (χ0) is 14.2. The summed E-state index contributed by atoms with van der Waals surface area (Å²) in [6.07, 6.45) is 6.96. The number of carbonyl (C=O) groups is 1. The zero-order valence-corrected chi connectivity index (χ0v) is 13.9. The molecule has 0 radical (unpaired) electrons. The number of morpholine rings is 1. The predicted molar refractivity (Wildman–Crippen MR) is 87.3 cm³/mol. The average Bonchev–Trinajstić information content (AvgIpc) is 3.13. The molecule has 5 nitrogen and oxygen atoms in total. The smallest absolute Gasteiger partial charge is 0.224 e. The highest BCUT2D eigenvalue weighted by atomic mass is 35.5. The van der Waals surface area contributed by atoms with Crippen molar-refractivity contribution < 1.29 is 9.53 Å². The van der Waals surface area contributed by atoms with Gasteiger partial charge in [0.15, 0.2) is 0 Å². The van der Waals surface area contributed by atoms with E-state index in [9.17, 15) is 4.79 Å². The molecule has 2 N–H and O–H groups in total. The highest BCUT2D eigenvalue weighted by molar-refractivity contribution is 5.85. The Morgan fingerprint density at radius 1 is 1.23 bits per heavy atom. The maximum absolute atomic E-state index is 12.1. The standard InChI is InChI=1S/C16H27N3O2.ClH/c20-16-8-11(9-19(16)12-4-5-12)18-14-3-1-2-13(14)15-10-21-7-6-17-15;/h11-15,17-18H,1-10H2;1H. The zero-order valence-electron chi connectivity index (χ0n) is 13.1. The normalized spacial score (nSPS) is 39.1.